The van der Waals surface area contributed by atoms with Gasteiger partial charge in [0.05, 0.1) is 13.2 Å². The smallest absolute Gasteiger partial charge is 0.122 e. The molecule has 14 heavy (non-hydrogen) atoms. The Labute approximate surface area is 84.8 Å². The van der Waals surface area contributed by atoms with Crippen LogP contribution in [0.15, 0.2) is 18.2 Å². The summed E-state index contributed by atoms with van der Waals surface area (Å²) in [7, 11) is 0. The first kappa shape index (κ1) is 9.38. The minimum absolute atomic E-state index is 0.791. The molecule has 0 unspecified atom stereocenters. The van der Waals surface area contributed by atoms with E-state index < -0.39 is 0 Å². The van der Waals surface area contributed by atoms with Gasteiger partial charge in [0.2, 0.25) is 0 Å². The Balaban J connectivity index is 2.12. The van der Waals surface area contributed by atoms with Crippen molar-refractivity contribution in [2.75, 3.05) is 13.2 Å². The van der Waals surface area contributed by atoms with E-state index in [4.69, 9.17) is 9.47 Å². The zero-order chi connectivity index (χ0) is 9.80. The highest BCUT2D eigenvalue weighted by Crippen LogP contribution is 2.28. The van der Waals surface area contributed by atoms with Crippen LogP contribution in [-0.4, -0.2) is 13.2 Å². The molecule has 0 aromatic heterocycles. The Kier molecular flexibility index (Phi) is 2.92. The highest BCUT2D eigenvalue weighted by molar-refractivity contribution is 5.41. The van der Waals surface area contributed by atoms with Crippen LogP contribution >= 0.6 is 0 Å². The predicted octanol–water partition coefficient (Wildman–Crippen LogP) is 2.80. The van der Waals surface area contributed by atoms with Crippen LogP contribution < -0.4 is 9.47 Å². The summed E-state index contributed by atoms with van der Waals surface area (Å²) in [5, 5.41) is 0. The molecule has 76 valence electrons. The first-order chi connectivity index (χ1) is 6.90. The minimum atomic E-state index is 0.791. The average molecular weight is 192 g/mol. The number of fused-ring (bicyclic) bond motifs is 1. The molecule has 1 aromatic rings. The van der Waals surface area contributed by atoms with Gasteiger partial charge in [0, 0.05) is 0 Å². The quantitative estimate of drug-likeness (QED) is 0.733. The Hall–Kier alpha value is -1.18. The Bertz CT molecular complexity index is 307. The van der Waals surface area contributed by atoms with Gasteiger partial charge in [0.25, 0.3) is 0 Å². The van der Waals surface area contributed by atoms with Crippen LogP contribution in [0.4, 0.5) is 0 Å². The van der Waals surface area contributed by atoms with Crippen LogP contribution in [0, 0.1) is 0 Å². The third-order valence-corrected chi connectivity index (χ3v) is 2.35. The molecule has 2 nitrogen and oxygen atoms in total. The van der Waals surface area contributed by atoms with Gasteiger partial charge in [-0.05, 0) is 43.0 Å². The molecule has 0 bridgehead atoms. The summed E-state index contributed by atoms with van der Waals surface area (Å²) in [5.74, 6) is 2.00. The molecule has 1 aliphatic heterocycles. The molecular formula is C12H16O2. The van der Waals surface area contributed by atoms with Crippen molar-refractivity contribution in [1.29, 1.82) is 0 Å². The molecule has 1 heterocycles. The van der Waals surface area contributed by atoms with Crippen LogP contribution in [0.5, 0.6) is 11.5 Å². The highest BCUT2D eigenvalue weighted by Gasteiger charge is 2.10. The van der Waals surface area contributed by atoms with Crippen LogP contribution in [0.1, 0.15) is 25.3 Å². The number of hydrogen-bond acceptors (Lipinski definition) is 2. The summed E-state index contributed by atoms with van der Waals surface area (Å²) in [6.45, 7) is 3.75. The minimum Gasteiger partial charge on any atom is -0.494 e. The van der Waals surface area contributed by atoms with Gasteiger partial charge in [0.1, 0.15) is 11.5 Å². The van der Waals surface area contributed by atoms with Crippen molar-refractivity contribution in [3.8, 4) is 11.5 Å². The maximum absolute atomic E-state index is 5.57. The molecule has 0 radical (unpaired) electrons. The molecule has 0 N–H and O–H groups in total. The first-order valence-corrected chi connectivity index (χ1v) is 5.28. The average Bonchev–Trinajstić information content (AvgIpc) is 2.26. The fourth-order valence-corrected chi connectivity index (χ4v) is 1.65. The normalized spacial score (nSPS) is 14.4. The van der Waals surface area contributed by atoms with Crippen molar-refractivity contribution >= 4 is 0 Å². The molecular weight excluding hydrogens is 176 g/mol. The molecule has 1 aromatic carbocycles. The molecule has 0 amide bonds. The number of benzene rings is 1. The summed E-state index contributed by atoms with van der Waals surface area (Å²) in [6.07, 6.45) is 3.27. The SMILES string of the molecule is CCCOc1ccc2c(c1)CCCO2. The Morgan fingerprint density at radius 2 is 2.36 bits per heavy atom. The Morgan fingerprint density at radius 1 is 1.43 bits per heavy atom. The second-order valence-electron chi connectivity index (χ2n) is 3.57. The first-order valence-electron chi connectivity index (χ1n) is 5.28. The van der Waals surface area contributed by atoms with Gasteiger partial charge < -0.3 is 9.47 Å². The summed E-state index contributed by atoms with van der Waals surface area (Å²) in [6, 6.07) is 6.10. The standard InChI is InChI=1S/C12H16O2/c1-2-7-13-11-5-6-12-10(9-11)4-3-8-14-12/h5-6,9H,2-4,7-8H2,1H3. The monoisotopic (exact) mass is 192 g/mol. The van der Waals surface area contributed by atoms with Crippen molar-refractivity contribution in [2.24, 2.45) is 0 Å². The highest BCUT2D eigenvalue weighted by atomic mass is 16.5. The number of hydrogen-bond donors (Lipinski definition) is 0. The summed E-state index contributed by atoms with van der Waals surface area (Å²) < 4.78 is 11.1. The zero-order valence-electron chi connectivity index (χ0n) is 8.58. The summed E-state index contributed by atoms with van der Waals surface area (Å²) in [4.78, 5) is 0. The maximum Gasteiger partial charge on any atom is 0.122 e. The molecule has 0 aliphatic carbocycles. The van der Waals surface area contributed by atoms with Gasteiger partial charge in [-0.2, -0.15) is 0 Å². The maximum atomic E-state index is 5.57. The number of aryl methyl sites for hydroxylation is 1. The molecule has 1 aliphatic rings. The molecule has 2 heteroatoms. The van der Waals surface area contributed by atoms with Gasteiger partial charge in [-0.25, -0.2) is 0 Å². The second kappa shape index (κ2) is 4.36. The van der Waals surface area contributed by atoms with Gasteiger partial charge in [-0.15, -0.1) is 0 Å². The van der Waals surface area contributed by atoms with Crippen LogP contribution in [0.25, 0.3) is 0 Å². The lowest BCUT2D eigenvalue weighted by Crippen LogP contribution is -2.08. The third-order valence-electron chi connectivity index (χ3n) is 2.35. The lowest BCUT2D eigenvalue weighted by Gasteiger charge is -2.17. The lowest BCUT2D eigenvalue weighted by atomic mass is 10.1. The van der Waals surface area contributed by atoms with E-state index in [2.05, 4.69) is 13.0 Å². The van der Waals surface area contributed by atoms with Gasteiger partial charge in [-0.3, -0.25) is 0 Å². The summed E-state index contributed by atoms with van der Waals surface area (Å²) >= 11 is 0. The molecule has 0 atom stereocenters. The lowest BCUT2D eigenvalue weighted by molar-refractivity contribution is 0.284. The summed E-state index contributed by atoms with van der Waals surface area (Å²) in [5.41, 5.74) is 1.28. The van der Waals surface area contributed by atoms with Gasteiger partial charge in [0.15, 0.2) is 0 Å². The second-order valence-corrected chi connectivity index (χ2v) is 3.57. The van der Waals surface area contributed by atoms with E-state index >= 15 is 0 Å². The van der Waals surface area contributed by atoms with Gasteiger partial charge in [-0.1, -0.05) is 6.92 Å². The largest absolute Gasteiger partial charge is 0.494 e. The number of rotatable bonds is 3. The topological polar surface area (TPSA) is 18.5 Å². The van der Waals surface area contributed by atoms with E-state index in [1.54, 1.807) is 0 Å². The third kappa shape index (κ3) is 2.00. The molecule has 0 fully saturated rings. The van der Waals surface area contributed by atoms with E-state index in [0.717, 1.165) is 44.0 Å². The van der Waals surface area contributed by atoms with E-state index in [0.29, 0.717) is 0 Å². The van der Waals surface area contributed by atoms with E-state index in [1.807, 2.05) is 12.1 Å². The van der Waals surface area contributed by atoms with Crippen LogP contribution in [0.2, 0.25) is 0 Å². The fraction of sp³-hybridized carbons (Fsp3) is 0.500. The van der Waals surface area contributed by atoms with Crippen molar-refractivity contribution in [1.82, 2.24) is 0 Å². The van der Waals surface area contributed by atoms with Crippen LogP contribution in [0.3, 0.4) is 0 Å². The molecule has 0 saturated heterocycles. The zero-order valence-corrected chi connectivity index (χ0v) is 8.58. The molecule has 2 rings (SSSR count). The molecule has 0 saturated carbocycles. The number of ether oxygens (including phenoxy) is 2. The van der Waals surface area contributed by atoms with E-state index in [1.165, 1.54) is 5.56 Å². The van der Waals surface area contributed by atoms with Gasteiger partial charge >= 0.3 is 0 Å². The van der Waals surface area contributed by atoms with Crippen molar-refractivity contribution in [3.63, 3.8) is 0 Å². The van der Waals surface area contributed by atoms with Crippen LogP contribution in [-0.2, 0) is 6.42 Å². The van der Waals surface area contributed by atoms with E-state index in [-0.39, 0.29) is 0 Å². The fourth-order valence-electron chi connectivity index (χ4n) is 1.65. The molecule has 0 spiro atoms. The van der Waals surface area contributed by atoms with Crippen molar-refractivity contribution in [3.05, 3.63) is 23.8 Å². The predicted molar refractivity (Wildman–Crippen MR) is 56.0 cm³/mol. The Morgan fingerprint density at radius 3 is 3.21 bits per heavy atom. The van der Waals surface area contributed by atoms with Crippen molar-refractivity contribution in [2.45, 2.75) is 26.2 Å². The van der Waals surface area contributed by atoms with Crippen molar-refractivity contribution < 1.29 is 9.47 Å². The van der Waals surface area contributed by atoms with E-state index in [9.17, 15) is 0 Å².